The minimum absolute atomic E-state index is 0.0336. The Morgan fingerprint density at radius 1 is 0.952 bits per heavy atom. The number of alkyl carbamates (subject to hydrolysis) is 1. The molecule has 0 heterocycles. The molecule has 9 nitrogen and oxygen atoms in total. The fourth-order valence-electron chi connectivity index (χ4n) is 4.88. The molecule has 0 saturated heterocycles. The van der Waals surface area contributed by atoms with Crippen LogP contribution >= 0.6 is 0 Å². The normalized spacial score (nSPS) is 17.5. The number of nitrogens with zero attached hydrogens (tertiary/aromatic N) is 1. The van der Waals surface area contributed by atoms with Gasteiger partial charge in [0, 0.05) is 18.2 Å². The van der Waals surface area contributed by atoms with Crippen LogP contribution in [0.5, 0.6) is 11.5 Å². The van der Waals surface area contributed by atoms with Crippen molar-refractivity contribution < 1.29 is 29.3 Å². The number of carbonyl (C=O) groups is 3. The molecular formula is C33H39N3O6. The molecule has 0 aliphatic heterocycles. The van der Waals surface area contributed by atoms with E-state index in [1.54, 1.807) is 56.0 Å². The van der Waals surface area contributed by atoms with Gasteiger partial charge in [-0.15, -0.1) is 0 Å². The van der Waals surface area contributed by atoms with Gasteiger partial charge >= 0.3 is 6.09 Å². The minimum Gasteiger partial charge on any atom is -0.508 e. The molecule has 222 valence electrons. The number of carbonyl (C=O) groups excluding carboxylic acids is 3. The van der Waals surface area contributed by atoms with Crippen LogP contribution in [0.4, 0.5) is 10.5 Å². The van der Waals surface area contributed by atoms with Crippen molar-refractivity contribution in [3.63, 3.8) is 0 Å². The van der Waals surface area contributed by atoms with E-state index in [9.17, 15) is 24.6 Å². The summed E-state index contributed by atoms with van der Waals surface area (Å²) in [7, 11) is 0. The lowest BCUT2D eigenvalue weighted by molar-refractivity contribution is -0.141. The highest BCUT2D eigenvalue weighted by Crippen LogP contribution is 2.41. The molecule has 3 amide bonds. The largest absolute Gasteiger partial charge is 0.508 e. The molecule has 4 atom stereocenters. The Bertz CT molecular complexity index is 1410. The van der Waals surface area contributed by atoms with Crippen molar-refractivity contribution in [3.8, 4) is 11.5 Å². The molecule has 0 spiro atoms. The smallest absolute Gasteiger partial charge is 0.408 e. The molecule has 42 heavy (non-hydrogen) atoms. The minimum atomic E-state index is -1.07. The summed E-state index contributed by atoms with van der Waals surface area (Å²) in [6.07, 6.45) is 0.0440. The number of hydrogen-bond acceptors (Lipinski definition) is 6. The van der Waals surface area contributed by atoms with Gasteiger partial charge in [-0.1, -0.05) is 49.4 Å². The number of amides is 3. The second-order valence-corrected chi connectivity index (χ2v) is 11.9. The van der Waals surface area contributed by atoms with E-state index in [0.717, 1.165) is 5.56 Å². The fourth-order valence-corrected chi connectivity index (χ4v) is 4.88. The summed E-state index contributed by atoms with van der Waals surface area (Å²) in [5, 5.41) is 25.5. The summed E-state index contributed by atoms with van der Waals surface area (Å²) in [6, 6.07) is 17.6. The van der Waals surface area contributed by atoms with Crippen LogP contribution in [0, 0.1) is 12.8 Å². The number of phenols is 2. The fraction of sp³-hybridized carbons (Fsp3) is 0.364. The lowest BCUT2D eigenvalue weighted by Crippen LogP contribution is -2.54. The summed E-state index contributed by atoms with van der Waals surface area (Å²) in [4.78, 5) is 43.1. The molecule has 0 aromatic heterocycles. The first-order valence-corrected chi connectivity index (χ1v) is 14.1. The Kier molecular flexibility index (Phi) is 9.09. The van der Waals surface area contributed by atoms with E-state index in [1.165, 1.54) is 24.3 Å². The average molecular weight is 574 g/mol. The molecule has 9 heteroatoms. The van der Waals surface area contributed by atoms with Crippen molar-refractivity contribution in [3.05, 3.63) is 89.5 Å². The maximum Gasteiger partial charge on any atom is 0.408 e. The number of aryl methyl sites for hydroxylation is 1. The van der Waals surface area contributed by atoms with Crippen molar-refractivity contribution in [2.45, 2.75) is 71.2 Å². The van der Waals surface area contributed by atoms with Crippen molar-refractivity contribution in [1.82, 2.24) is 10.2 Å². The van der Waals surface area contributed by atoms with Crippen molar-refractivity contribution >= 4 is 23.6 Å². The van der Waals surface area contributed by atoms with Crippen molar-refractivity contribution in [1.29, 1.82) is 0 Å². The van der Waals surface area contributed by atoms with Crippen molar-refractivity contribution in [2.75, 3.05) is 5.32 Å². The number of benzene rings is 3. The monoisotopic (exact) mass is 573 g/mol. The van der Waals surface area contributed by atoms with E-state index >= 15 is 0 Å². The van der Waals surface area contributed by atoms with E-state index in [4.69, 9.17) is 4.74 Å². The lowest BCUT2D eigenvalue weighted by atomic mass is 9.99. The van der Waals surface area contributed by atoms with Gasteiger partial charge in [-0.25, -0.2) is 4.79 Å². The van der Waals surface area contributed by atoms with E-state index in [-0.39, 0.29) is 29.9 Å². The number of aromatic hydroxyl groups is 2. The zero-order valence-corrected chi connectivity index (χ0v) is 24.6. The number of phenolic OH excluding ortho intramolecular Hbond substituents is 2. The predicted molar refractivity (Wildman–Crippen MR) is 160 cm³/mol. The van der Waals surface area contributed by atoms with Crippen LogP contribution < -0.4 is 10.6 Å². The highest BCUT2D eigenvalue weighted by Gasteiger charge is 2.48. The Hall–Kier alpha value is -4.53. The number of ether oxygens (including phenoxy) is 1. The van der Waals surface area contributed by atoms with Gasteiger partial charge < -0.3 is 30.5 Å². The summed E-state index contributed by atoms with van der Waals surface area (Å²) >= 11 is 0. The van der Waals surface area contributed by atoms with Crippen LogP contribution in [-0.2, 0) is 20.7 Å². The number of anilines is 1. The number of nitrogens with one attached hydrogen (secondary N) is 2. The standard InChI is InChI=1S/C33H39N3O6/c1-20-8-6-7-9-26(20)34-30(39)29(23-12-16-25(38)17-13-23)36(28-18-21(28)2)31(40)27(35-32(41)42-33(3,4)5)19-22-10-14-24(37)15-11-22/h6-17,21,27-29,37-38H,18-19H2,1-5H3,(H,34,39)(H,35,41). The topological polar surface area (TPSA) is 128 Å². The predicted octanol–water partition coefficient (Wildman–Crippen LogP) is 5.46. The van der Waals surface area contributed by atoms with E-state index in [1.807, 2.05) is 32.0 Å². The van der Waals surface area contributed by atoms with E-state index in [0.29, 0.717) is 23.2 Å². The van der Waals surface area contributed by atoms with Gasteiger partial charge in [-0.2, -0.15) is 0 Å². The zero-order chi connectivity index (χ0) is 30.6. The van der Waals surface area contributed by atoms with Crippen molar-refractivity contribution in [2.24, 2.45) is 5.92 Å². The maximum absolute atomic E-state index is 14.5. The number of rotatable bonds is 9. The Morgan fingerprint density at radius 3 is 2.07 bits per heavy atom. The number of para-hydroxylation sites is 1. The SMILES string of the molecule is Cc1ccccc1NC(=O)C(c1ccc(O)cc1)N(C(=O)C(Cc1ccc(O)cc1)NC(=O)OC(C)(C)C)C1CC1C. The summed E-state index contributed by atoms with van der Waals surface area (Å²) < 4.78 is 5.48. The molecule has 3 aromatic carbocycles. The Morgan fingerprint density at radius 2 is 1.52 bits per heavy atom. The zero-order valence-electron chi connectivity index (χ0n) is 24.6. The quantitative estimate of drug-likeness (QED) is 0.269. The molecule has 1 aliphatic carbocycles. The molecule has 3 aromatic rings. The number of hydrogen-bond donors (Lipinski definition) is 4. The Labute approximate surface area is 246 Å². The summed E-state index contributed by atoms with van der Waals surface area (Å²) in [6.45, 7) is 9.10. The first kappa shape index (κ1) is 30.4. The van der Waals surface area contributed by atoms with Gasteiger partial charge in [-0.05, 0) is 87.1 Å². The van der Waals surface area contributed by atoms with Crippen LogP contribution in [0.15, 0.2) is 72.8 Å². The highest BCUT2D eigenvalue weighted by molar-refractivity contribution is 5.99. The first-order valence-electron chi connectivity index (χ1n) is 14.1. The molecule has 1 fully saturated rings. The van der Waals surface area contributed by atoms with Gasteiger partial charge in [-0.3, -0.25) is 9.59 Å². The first-order chi connectivity index (χ1) is 19.8. The molecule has 1 aliphatic rings. The Balaban J connectivity index is 1.75. The van der Waals surface area contributed by atoms with Gasteiger partial charge in [0.25, 0.3) is 5.91 Å². The third-order valence-corrected chi connectivity index (χ3v) is 7.18. The molecule has 1 saturated carbocycles. The van der Waals surface area contributed by atoms with Gasteiger partial charge in [0.05, 0.1) is 0 Å². The maximum atomic E-state index is 14.5. The van der Waals surface area contributed by atoms with Gasteiger partial charge in [0.15, 0.2) is 0 Å². The average Bonchev–Trinajstić information content (AvgIpc) is 3.64. The molecule has 0 bridgehead atoms. The van der Waals surface area contributed by atoms with E-state index < -0.39 is 35.6 Å². The van der Waals surface area contributed by atoms with Crippen LogP contribution in [0.3, 0.4) is 0 Å². The molecule has 4 rings (SSSR count). The highest BCUT2D eigenvalue weighted by atomic mass is 16.6. The van der Waals surface area contributed by atoms with E-state index in [2.05, 4.69) is 10.6 Å². The third kappa shape index (κ3) is 7.81. The molecule has 4 N–H and O–H groups in total. The van der Waals surface area contributed by atoms with Crippen LogP contribution in [0.25, 0.3) is 0 Å². The van der Waals surface area contributed by atoms with Crippen LogP contribution in [-0.4, -0.2) is 50.7 Å². The summed E-state index contributed by atoms with van der Waals surface area (Å²) in [5.74, 6) is -0.609. The molecular weight excluding hydrogens is 534 g/mol. The van der Waals surface area contributed by atoms with Gasteiger partial charge in [0.2, 0.25) is 5.91 Å². The second kappa shape index (κ2) is 12.5. The molecule has 0 radical (unpaired) electrons. The van der Waals surface area contributed by atoms with Crippen LogP contribution in [0.2, 0.25) is 0 Å². The molecule has 4 unspecified atom stereocenters. The summed E-state index contributed by atoms with van der Waals surface area (Å²) in [5.41, 5.74) is 1.92. The van der Waals surface area contributed by atoms with Crippen LogP contribution in [0.1, 0.15) is 56.8 Å². The second-order valence-electron chi connectivity index (χ2n) is 11.9. The lowest BCUT2D eigenvalue weighted by Gasteiger charge is -2.35. The third-order valence-electron chi connectivity index (χ3n) is 7.18. The van der Waals surface area contributed by atoms with Gasteiger partial charge in [0.1, 0.15) is 29.2 Å².